The molecule has 0 saturated heterocycles. The minimum atomic E-state index is -3.57. The van der Waals surface area contributed by atoms with E-state index in [2.05, 4.69) is 18.6 Å². The van der Waals surface area contributed by atoms with Gasteiger partial charge < -0.3 is 4.90 Å². The summed E-state index contributed by atoms with van der Waals surface area (Å²) in [5.74, 6) is 0.838. The summed E-state index contributed by atoms with van der Waals surface area (Å²) >= 11 is 0. The largest absolute Gasteiger partial charge is 0.312 e. The van der Waals surface area contributed by atoms with E-state index in [1.807, 2.05) is 49.1 Å². The molecule has 5 nitrogen and oxygen atoms in total. The highest BCUT2D eigenvalue weighted by atomic mass is 32.2. The lowest BCUT2D eigenvalue weighted by atomic mass is 10.0. The van der Waals surface area contributed by atoms with Crippen LogP contribution in [0.25, 0.3) is 0 Å². The Morgan fingerprint density at radius 1 is 1.07 bits per heavy atom. The van der Waals surface area contributed by atoms with Crippen molar-refractivity contribution in [3.05, 3.63) is 59.2 Å². The van der Waals surface area contributed by atoms with Gasteiger partial charge in [-0.05, 0) is 53.1 Å². The maximum Gasteiger partial charge on any atom is 0.240 e. The fourth-order valence-electron chi connectivity index (χ4n) is 3.58. The van der Waals surface area contributed by atoms with Crippen LogP contribution in [0.4, 0.5) is 5.69 Å². The standard InChI is InChI=1S/C23H30N2O3S/c1-16(2)13-23(26)25-12-11-20-14-18(5-10-22(20)25)15-24-29(27,28)21-8-6-19(7-9-21)17(3)4/h5-10,14,16-17,24H,11-13,15H2,1-4H3. The van der Waals surface area contributed by atoms with Crippen LogP contribution < -0.4 is 9.62 Å². The van der Waals surface area contributed by atoms with Gasteiger partial charge in [0.2, 0.25) is 15.9 Å². The molecule has 1 amide bonds. The summed E-state index contributed by atoms with van der Waals surface area (Å²) in [5.41, 5.74) is 4.05. The number of hydrogen-bond donors (Lipinski definition) is 1. The van der Waals surface area contributed by atoms with Crippen LogP contribution in [0.15, 0.2) is 47.4 Å². The van der Waals surface area contributed by atoms with Gasteiger partial charge >= 0.3 is 0 Å². The SMILES string of the molecule is CC(C)CC(=O)N1CCc2cc(CNS(=O)(=O)c3ccc(C(C)C)cc3)ccc21. The zero-order valence-electron chi connectivity index (χ0n) is 17.6. The topological polar surface area (TPSA) is 66.5 Å². The quantitative estimate of drug-likeness (QED) is 0.737. The van der Waals surface area contributed by atoms with Crippen molar-refractivity contribution in [3.63, 3.8) is 0 Å². The van der Waals surface area contributed by atoms with Gasteiger partial charge in [0, 0.05) is 25.2 Å². The fourth-order valence-corrected chi connectivity index (χ4v) is 4.59. The maximum atomic E-state index is 12.6. The Kier molecular flexibility index (Phi) is 6.44. The number of amides is 1. The Morgan fingerprint density at radius 2 is 1.76 bits per heavy atom. The molecule has 1 aliphatic rings. The van der Waals surface area contributed by atoms with Crippen molar-refractivity contribution in [1.82, 2.24) is 4.72 Å². The molecule has 29 heavy (non-hydrogen) atoms. The van der Waals surface area contributed by atoms with Crippen molar-refractivity contribution < 1.29 is 13.2 Å². The predicted molar refractivity (Wildman–Crippen MR) is 117 cm³/mol. The highest BCUT2D eigenvalue weighted by Gasteiger charge is 2.25. The molecule has 1 heterocycles. The van der Waals surface area contributed by atoms with Gasteiger partial charge in [0.1, 0.15) is 0 Å². The van der Waals surface area contributed by atoms with Gasteiger partial charge in [0.25, 0.3) is 0 Å². The Hall–Kier alpha value is -2.18. The lowest BCUT2D eigenvalue weighted by Crippen LogP contribution is -2.29. The molecule has 0 radical (unpaired) electrons. The maximum absolute atomic E-state index is 12.6. The molecule has 3 rings (SSSR count). The second-order valence-corrected chi connectivity index (χ2v) is 10.2. The molecular formula is C23H30N2O3S. The van der Waals surface area contributed by atoms with E-state index in [0.29, 0.717) is 24.8 Å². The molecule has 2 aromatic carbocycles. The summed E-state index contributed by atoms with van der Waals surface area (Å²) < 4.78 is 27.9. The van der Waals surface area contributed by atoms with Gasteiger partial charge in [-0.25, -0.2) is 13.1 Å². The van der Waals surface area contributed by atoms with Gasteiger partial charge in [-0.2, -0.15) is 0 Å². The molecule has 2 aromatic rings. The third kappa shape index (κ3) is 5.06. The van der Waals surface area contributed by atoms with Crippen molar-refractivity contribution in [2.24, 2.45) is 5.92 Å². The average molecular weight is 415 g/mol. The molecule has 0 spiro atoms. The summed E-state index contributed by atoms with van der Waals surface area (Å²) in [5, 5.41) is 0. The first-order chi connectivity index (χ1) is 13.7. The number of nitrogens with zero attached hydrogens (tertiary/aromatic N) is 1. The number of sulfonamides is 1. The molecule has 1 N–H and O–H groups in total. The fraction of sp³-hybridized carbons (Fsp3) is 0.435. The van der Waals surface area contributed by atoms with Crippen LogP contribution in [0.2, 0.25) is 0 Å². The van der Waals surface area contributed by atoms with Crippen LogP contribution in [0.5, 0.6) is 0 Å². The molecule has 0 unspecified atom stereocenters. The molecule has 0 fully saturated rings. The summed E-state index contributed by atoms with van der Waals surface area (Å²) in [6.07, 6.45) is 1.34. The van der Waals surface area contributed by atoms with Crippen molar-refractivity contribution in [2.45, 2.75) is 57.9 Å². The predicted octanol–water partition coefficient (Wildman–Crippen LogP) is 4.22. The minimum Gasteiger partial charge on any atom is -0.312 e. The lowest BCUT2D eigenvalue weighted by Gasteiger charge is -2.18. The third-order valence-corrected chi connectivity index (χ3v) is 6.66. The Labute approximate surface area is 174 Å². The highest BCUT2D eigenvalue weighted by Crippen LogP contribution is 2.30. The molecule has 0 aliphatic carbocycles. The summed E-state index contributed by atoms with van der Waals surface area (Å²) in [6, 6.07) is 12.8. The van der Waals surface area contributed by atoms with Crippen LogP contribution in [-0.2, 0) is 27.8 Å². The monoisotopic (exact) mass is 414 g/mol. The molecule has 1 aliphatic heterocycles. The molecule has 0 atom stereocenters. The van der Waals surface area contributed by atoms with Gasteiger partial charge in [0.15, 0.2) is 0 Å². The van der Waals surface area contributed by atoms with E-state index < -0.39 is 10.0 Å². The van der Waals surface area contributed by atoms with Gasteiger partial charge in [-0.1, -0.05) is 52.0 Å². The summed E-state index contributed by atoms with van der Waals surface area (Å²) in [7, 11) is -3.57. The van der Waals surface area contributed by atoms with E-state index >= 15 is 0 Å². The van der Waals surface area contributed by atoms with Crippen LogP contribution in [0, 0.1) is 5.92 Å². The van der Waals surface area contributed by atoms with Crippen LogP contribution in [0.3, 0.4) is 0 Å². The van der Waals surface area contributed by atoms with E-state index in [1.54, 1.807) is 12.1 Å². The molecule has 0 aromatic heterocycles. The van der Waals surface area contributed by atoms with Crippen LogP contribution in [-0.4, -0.2) is 20.9 Å². The summed E-state index contributed by atoms with van der Waals surface area (Å²) in [6.45, 7) is 9.15. The molecule has 0 saturated carbocycles. The molecule has 0 bridgehead atoms. The average Bonchev–Trinajstić information content (AvgIpc) is 3.09. The first-order valence-electron chi connectivity index (χ1n) is 10.2. The van der Waals surface area contributed by atoms with E-state index in [1.165, 1.54) is 0 Å². The van der Waals surface area contributed by atoms with Gasteiger partial charge in [0.05, 0.1) is 4.90 Å². The van der Waals surface area contributed by atoms with Crippen LogP contribution >= 0.6 is 0 Å². The zero-order chi connectivity index (χ0) is 21.2. The number of anilines is 1. The van der Waals surface area contributed by atoms with Crippen molar-refractivity contribution in [2.75, 3.05) is 11.4 Å². The van der Waals surface area contributed by atoms with Crippen molar-refractivity contribution in [1.29, 1.82) is 0 Å². The minimum absolute atomic E-state index is 0.150. The first-order valence-corrected chi connectivity index (χ1v) is 11.7. The number of benzene rings is 2. The van der Waals surface area contributed by atoms with Gasteiger partial charge in [-0.3, -0.25) is 4.79 Å². The summed E-state index contributed by atoms with van der Waals surface area (Å²) in [4.78, 5) is 14.5. The van der Waals surface area contributed by atoms with Crippen LogP contribution in [0.1, 0.15) is 56.7 Å². The number of rotatable bonds is 7. The third-order valence-electron chi connectivity index (χ3n) is 5.25. The Balaban J connectivity index is 1.68. The first kappa shape index (κ1) is 21.5. The molecule has 6 heteroatoms. The smallest absolute Gasteiger partial charge is 0.240 e. The van der Waals surface area contributed by atoms with E-state index in [0.717, 1.165) is 28.8 Å². The highest BCUT2D eigenvalue weighted by molar-refractivity contribution is 7.89. The second kappa shape index (κ2) is 8.67. The molecular weight excluding hydrogens is 384 g/mol. The number of carbonyl (C=O) groups is 1. The zero-order valence-corrected chi connectivity index (χ0v) is 18.4. The Morgan fingerprint density at radius 3 is 2.38 bits per heavy atom. The van der Waals surface area contributed by atoms with Crippen molar-refractivity contribution in [3.8, 4) is 0 Å². The van der Waals surface area contributed by atoms with E-state index in [-0.39, 0.29) is 17.3 Å². The number of hydrogen-bond acceptors (Lipinski definition) is 3. The Bertz CT molecular complexity index is 980. The number of fused-ring (bicyclic) bond motifs is 1. The van der Waals surface area contributed by atoms with E-state index in [9.17, 15) is 13.2 Å². The number of carbonyl (C=O) groups excluding carboxylic acids is 1. The van der Waals surface area contributed by atoms with E-state index in [4.69, 9.17) is 0 Å². The molecule has 156 valence electrons. The van der Waals surface area contributed by atoms with Gasteiger partial charge in [-0.15, -0.1) is 0 Å². The lowest BCUT2D eigenvalue weighted by molar-refractivity contribution is -0.119. The number of nitrogens with one attached hydrogen (secondary N) is 1. The normalized spacial score (nSPS) is 13.9. The van der Waals surface area contributed by atoms with Crippen molar-refractivity contribution >= 4 is 21.6 Å². The second-order valence-electron chi connectivity index (χ2n) is 8.40.